The summed E-state index contributed by atoms with van der Waals surface area (Å²) >= 11 is 1.67. The maximum atomic E-state index is 13.4. The Labute approximate surface area is 140 Å². The highest BCUT2D eigenvalue weighted by Crippen LogP contribution is 2.34. The van der Waals surface area contributed by atoms with E-state index < -0.39 is 35.7 Å². The van der Waals surface area contributed by atoms with E-state index in [4.69, 9.17) is 5.14 Å². The molecule has 0 fully saturated rings. The zero-order valence-corrected chi connectivity index (χ0v) is 14.5. The molecule has 0 unspecified atom stereocenters. The van der Waals surface area contributed by atoms with E-state index in [0.29, 0.717) is 0 Å². The topological polar surface area (TPSA) is 115 Å². The maximum Gasteiger partial charge on any atom is 0.295 e. The molecule has 6 nitrogen and oxygen atoms in total. The second-order valence-corrected chi connectivity index (χ2v) is 8.36. The highest BCUT2D eigenvalue weighted by molar-refractivity contribution is 14.1. The molecule has 0 bridgehead atoms. The molecule has 0 saturated heterocycles. The molecule has 3 N–H and O–H groups in total. The average Bonchev–Trinajstić information content (AvgIpc) is 2.39. The average molecular weight is 457 g/mol. The maximum absolute atomic E-state index is 13.4. The van der Waals surface area contributed by atoms with E-state index in [-0.39, 0.29) is 14.7 Å². The van der Waals surface area contributed by atoms with Crippen LogP contribution in [-0.2, 0) is 20.1 Å². The Morgan fingerprint density at radius 3 is 2.14 bits per heavy atom. The summed E-state index contributed by atoms with van der Waals surface area (Å²) in [5.74, 6) is -0.550. The van der Waals surface area contributed by atoms with Gasteiger partial charge in [-0.3, -0.25) is 4.55 Å². The highest BCUT2D eigenvalue weighted by Gasteiger charge is 2.24. The summed E-state index contributed by atoms with van der Waals surface area (Å²) in [6, 6.07) is 6.81. The summed E-state index contributed by atoms with van der Waals surface area (Å²) in [5, 5.41) is 5.09. The first-order valence-electron chi connectivity index (χ1n) is 5.60. The summed E-state index contributed by atoms with van der Waals surface area (Å²) in [6.07, 6.45) is 0. The van der Waals surface area contributed by atoms with Crippen molar-refractivity contribution in [1.82, 2.24) is 0 Å². The summed E-state index contributed by atoms with van der Waals surface area (Å²) in [5.41, 5.74) is -0.200. The third kappa shape index (κ3) is 3.46. The van der Waals surface area contributed by atoms with Crippen molar-refractivity contribution in [2.45, 2.75) is 9.79 Å². The molecule has 0 atom stereocenters. The molecule has 0 aromatic heterocycles. The fourth-order valence-electron chi connectivity index (χ4n) is 1.90. The van der Waals surface area contributed by atoms with E-state index in [1.54, 1.807) is 22.6 Å². The van der Waals surface area contributed by atoms with Crippen molar-refractivity contribution in [3.8, 4) is 11.1 Å². The van der Waals surface area contributed by atoms with Crippen LogP contribution < -0.4 is 5.14 Å². The predicted octanol–water partition coefficient (Wildman–Crippen LogP) is 1.99. The summed E-state index contributed by atoms with van der Waals surface area (Å²) in [7, 11) is -8.96. The van der Waals surface area contributed by atoms with Crippen LogP contribution in [0.15, 0.2) is 46.2 Å². The smallest absolute Gasteiger partial charge is 0.282 e. The van der Waals surface area contributed by atoms with Crippen LogP contribution in [-0.4, -0.2) is 21.4 Å². The van der Waals surface area contributed by atoms with Gasteiger partial charge in [0.1, 0.15) is 10.7 Å². The highest BCUT2D eigenvalue weighted by atomic mass is 127. The summed E-state index contributed by atoms with van der Waals surface area (Å²) < 4.78 is 69.2. The minimum Gasteiger partial charge on any atom is -0.282 e. The molecule has 10 heteroatoms. The Kier molecular flexibility index (Phi) is 4.59. The number of rotatable bonds is 3. The molecule has 0 saturated carbocycles. The van der Waals surface area contributed by atoms with E-state index in [9.17, 15) is 25.8 Å². The number of benzene rings is 2. The van der Waals surface area contributed by atoms with Gasteiger partial charge in [-0.25, -0.2) is 17.9 Å². The van der Waals surface area contributed by atoms with Crippen LogP contribution in [0.5, 0.6) is 0 Å². The first-order chi connectivity index (χ1) is 10.0. The Balaban J connectivity index is 2.96. The van der Waals surface area contributed by atoms with E-state index in [2.05, 4.69) is 0 Å². The van der Waals surface area contributed by atoms with Gasteiger partial charge in [0, 0.05) is 9.13 Å². The molecule has 118 valence electrons. The zero-order chi connectivity index (χ0) is 16.7. The quantitative estimate of drug-likeness (QED) is 0.541. The van der Waals surface area contributed by atoms with Crippen molar-refractivity contribution in [3.05, 3.63) is 45.8 Å². The van der Waals surface area contributed by atoms with Crippen LogP contribution in [0.4, 0.5) is 4.39 Å². The second-order valence-electron chi connectivity index (χ2n) is 4.28. The fourth-order valence-corrected chi connectivity index (χ4v) is 4.00. The molecule has 2 aromatic carbocycles. The van der Waals surface area contributed by atoms with E-state index in [1.165, 1.54) is 12.1 Å². The van der Waals surface area contributed by atoms with Crippen LogP contribution >= 0.6 is 22.6 Å². The van der Waals surface area contributed by atoms with Crippen molar-refractivity contribution < 1.29 is 25.8 Å². The zero-order valence-electron chi connectivity index (χ0n) is 10.7. The molecular weight excluding hydrogens is 448 g/mol. The lowest BCUT2D eigenvalue weighted by Crippen LogP contribution is -2.15. The second kappa shape index (κ2) is 5.85. The standard InChI is InChI=1S/C12H9FINO5S2/c13-8-5-4-7(6-9(8)14)12-10(21(15,16)17)2-1-3-11(12)22(18,19)20/h1-6H,(H2,15,16,17)(H,18,19,20). The Bertz CT molecular complexity index is 907. The van der Waals surface area contributed by atoms with Gasteiger partial charge in [-0.2, -0.15) is 8.42 Å². The van der Waals surface area contributed by atoms with Crippen molar-refractivity contribution >= 4 is 42.7 Å². The fraction of sp³-hybridized carbons (Fsp3) is 0. The molecule has 0 spiro atoms. The molecule has 2 rings (SSSR count). The van der Waals surface area contributed by atoms with E-state index in [1.807, 2.05) is 0 Å². The van der Waals surface area contributed by atoms with Gasteiger partial charge in [0.05, 0.1) is 4.90 Å². The Hall–Kier alpha value is -1.08. The Morgan fingerprint density at radius 1 is 1.05 bits per heavy atom. The lowest BCUT2D eigenvalue weighted by atomic mass is 10.1. The van der Waals surface area contributed by atoms with Crippen LogP contribution in [0, 0.1) is 9.39 Å². The first kappa shape index (κ1) is 17.3. The molecule has 2 aromatic rings. The Morgan fingerprint density at radius 2 is 1.64 bits per heavy atom. The molecular formula is C12H9FINO5S2. The third-order valence-electron chi connectivity index (χ3n) is 2.78. The van der Waals surface area contributed by atoms with Gasteiger partial charge < -0.3 is 0 Å². The van der Waals surface area contributed by atoms with E-state index in [0.717, 1.165) is 24.3 Å². The lowest BCUT2D eigenvalue weighted by molar-refractivity contribution is 0.483. The molecule has 0 aliphatic heterocycles. The van der Waals surface area contributed by atoms with Gasteiger partial charge in [0.25, 0.3) is 10.1 Å². The lowest BCUT2D eigenvalue weighted by Gasteiger charge is -2.12. The van der Waals surface area contributed by atoms with Crippen LogP contribution in [0.25, 0.3) is 11.1 Å². The number of nitrogens with two attached hydrogens (primary N) is 1. The summed E-state index contributed by atoms with van der Waals surface area (Å²) in [4.78, 5) is -1.11. The third-order valence-corrected chi connectivity index (χ3v) is 5.46. The minimum absolute atomic E-state index is 0.100. The number of hydrogen-bond acceptors (Lipinski definition) is 4. The minimum atomic E-state index is -4.70. The number of hydrogen-bond donors (Lipinski definition) is 2. The SMILES string of the molecule is NS(=O)(=O)c1cccc(S(=O)(=O)O)c1-c1ccc(F)c(I)c1. The van der Waals surface area contributed by atoms with Gasteiger partial charge in [0.2, 0.25) is 10.0 Å². The van der Waals surface area contributed by atoms with E-state index >= 15 is 0 Å². The molecule has 0 amide bonds. The summed E-state index contributed by atoms with van der Waals surface area (Å²) in [6.45, 7) is 0. The number of halogens is 2. The molecule has 0 radical (unpaired) electrons. The first-order valence-corrected chi connectivity index (χ1v) is 9.67. The van der Waals surface area contributed by atoms with Crippen molar-refractivity contribution in [2.24, 2.45) is 5.14 Å². The van der Waals surface area contributed by atoms with Gasteiger partial charge in [-0.15, -0.1) is 0 Å². The normalized spacial score (nSPS) is 12.4. The van der Waals surface area contributed by atoms with Crippen LogP contribution in [0.1, 0.15) is 0 Å². The van der Waals surface area contributed by atoms with Gasteiger partial charge in [0.15, 0.2) is 0 Å². The van der Waals surface area contributed by atoms with Gasteiger partial charge >= 0.3 is 0 Å². The van der Waals surface area contributed by atoms with Gasteiger partial charge in [-0.1, -0.05) is 12.1 Å². The van der Waals surface area contributed by atoms with Crippen molar-refractivity contribution in [2.75, 3.05) is 0 Å². The van der Waals surface area contributed by atoms with Crippen molar-refractivity contribution in [3.63, 3.8) is 0 Å². The molecule has 0 heterocycles. The molecule has 0 aliphatic carbocycles. The predicted molar refractivity (Wildman–Crippen MR) is 85.7 cm³/mol. The van der Waals surface area contributed by atoms with Crippen molar-refractivity contribution in [1.29, 1.82) is 0 Å². The monoisotopic (exact) mass is 457 g/mol. The number of primary sulfonamides is 1. The van der Waals surface area contributed by atoms with Crippen LogP contribution in [0.3, 0.4) is 0 Å². The molecule has 22 heavy (non-hydrogen) atoms. The largest absolute Gasteiger partial charge is 0.295 e. The molecule has 0 aliphatic rings. The number of sulfonamides is 1. The van der Waals surface area contributed by atoms with Gasteiger partial charge in [-0.05, 0) is 52.4 Å². The van der Waals surface area contributed by atoms with Crippen LogP contribution in [0.2, 0.25) is 0 Å².